The summed E-state index contributed by atoms with van der Waals surface area (Å²) in [6.07, 6.45) is 2.21. The molecule has 3 N–H and O–H groups in total. The first-order valence-corrected chi connectivity index (χ1v) is 10.6. The number of para-hydroxylation sites is 1. The van der Waals surface area contributed by atoms with Crippen molar-refractivity contribution in [2.45, 2.75) is 26.3 Å². The van der Waals surface area contributed by atoms with Crippen LogP contribution in [0, 0.1) is 11.7 Å². The number of nitrogens with zero attached hydrogens (tertiary/aromatic N) is 1. The van der Waals surface area contributed by atoms with E-state index in [0.29, 0.717) is 13.0 Å². The molecule has 0 fully saturated rings. The van der Waals surface area contributed by atoms with Gasteiger partial charge in [-0.05, 0) is 42.2 Å². The smallest absolute Gasteiger partial charge is 0.270 e. The predicted octanol–water partition coefficient (Wildman–Crippen LogP) is 3.97. The molecule has 0 radical (unpaired) electrons. The molecule has 7 heteroatoms. The highest BCUT2D eigenvalue weighted by molar-refractivity contribution is 6.09. The summed E-state index contributed by atoms with van der Waals surface area (Å²) >= 11 is 0. The first-order valence-electron chi connectivity index (χ1n) is 10.6. The lowest BCUT2D eigenvalue weighted by Crippen LogP contribution is -2.50. The number of fused-ring (bicyclic) bond motifs is 3. The average Bonchev–Trinajstić information content (AvgIpc) is 3.16. The van der Waals surface area contributed by atoms with E-state index in [1.807, 2.05) is 38.1 Å². The molecule has 0 saturated heterocycles. The molecule has 4 rings (SSSR count). The van der Waals surface area contributed by atoms with Crippen molar-refractivity contribution >= 4 is 33.6 Å². The van der Waals surface area contributed by atoms with E-state index in [4.69, 9.17) is 0 Å². The number of amides is 2. The highest BCUT2D eigenvalue weighted by Gasteiger charge is 2.25. The zero-order chi connectivity index (χ0) is 22.7. The number of carbonyl (C=O) groups is 2. The van der Waals surface area contributed by atoms with E-state index < -0.39 is 11.9 Å². The minimum atomic E-state index is -0.698. The van der Waals surface area contributed by atoms with E-state index in [-0.39, 0.29) is 23.3 Å². The zero-order valence-corrected chi connectivity index (χ0v) is 18.0. The second-order valence-corrected chi connectivity index (χ2v) is 8.15. The number of rotatable bonds is 7. The summed E-state index contributed by atoms with van der Waals surface area (Å²) in [4.78, 5) is 33.2. The Labute approximate surface area is 185 Å². The van der Waals surface area contributed by atoms with Gasteiger partial charge >= 0.3 is 0 Å². The molecule has 1 atom stereocenters. The van der Waals surface area contributed by atoms with Gasteiger partial charge in [0.25, 0.3) is 5.91 Å². The molecule has 32 heavy (non-hydrogen) atoms. The lowest BCUT2D eigenvalue weighted by molar-refractivity contribution is -0.123. The van der Waals surface area contributed by atoms with E-state index in [1.165, 1.54) is 12.1 Å². The molecule has 0 aliphatic rings. The topological polar surface area (TPSA) is 86.9 Å². The third-order valence-corrected chi connectivity index (χ3v) is 5.49. The van der Waals surface area contributed by atoms with E-state index in [2.05, 4.69) is 20.6 Å². The Morgan fingerprint density at radius 1 is 1.03 bits per heavy atom. The molecule has 0 aliphatic heterocycles. The number of aromatic nitrogens is 2. The van der Waals surface area contributed by atoms with Crippen LogP contribution in [0.3, 0.4) is 0 Å². The summed E-state index contributed by atoms with van der Waals surface area (Å²) in [6, 6.07) is 15.1. The number of pyridine rings is 1. The number of H-pyrrole nitrogens is 1. The Kier molecular flexibility index (Phi) is 6.16. The molecular weight excluding hydrogens is 407 g/mol. The van der Waals surface area contributed by atoms with Crippen molar-refractivity contribution < 1.29 is 14.0 Å². The van der Waals surface area contributed by atoms with Gasteiger partial charge < -0.3 is 15.6 Å². The van der Waals surface area contributed by atoms with E-state index >= 15 is 0 Å². The maximum atomic E-state index is 13.0. The fraction of sp³-hybridized carbons (Fsp3) is 0.240. The summed E-state index contributed by atoms with van der Waals surface area (Å²) in [5.74, 6) is -1.06. The van der Waals surface area contributed by atoms with Gasteiger partial charge in [-0.3, -0.25) is 9.59 Å². The molecule has 2 heterocycles. The van der Waals surface area contributed by atoms with Crippen molar-refractivity contribution in [3.05, 3.63) is 77.9 Å². The standard InChI is InChI=1S/C25H25FN4O2/c1-15(2)23(25(32)27-12-11-16-7-9-17(26)10-8-16)30-24(31)21-13-19-18-5-3-4-6-20(18)29-22(19)14-28-21/h3-10,13-15,23,29H,11-12H2,1-2H3,(H,27,32)(H,30,31). The third-order valence-electron chi connectivity index (χ3n) is 5.49. The van der Waals surface area contributed by atoms with Crippen LogP contribution in [0.15, 0.2) is 60.8 Å². The number of hydrogen-bond acceptors (Lipinski definition) is 3. The molecule has 2 amide bonds. The van der Waals surface area contributed by atoms with E-state index in [9.17, 15) is 14.0 Å². The lowest BCUT2D eigenvalue weighted by atomic mass is 10.0. The SMILES string of the molecule is CC(C)C(NC(=O)c1cc2c(cn1)[nH]c1ccccc12)C(=O)NCCc1ccc(F)cc1. The number of nitrogens with one attached hydrogen (secondary N) is 3. The van der Waals surface area contributed by atoms with Gasteiger partial charge in [-0.25, -0.2) is 9.37 Å². The molecule has 1 unspecified atom stereocenters. The monoisotopic (exact) mass is 432 g/mol. The number of benzene rings is 2. The molecule has 2 aromatic heterocycles. The Balaban J connectivity index is 1.43. The predicted molar refractivity (Wildman–Crippen MR) is 123 cm³/mol. The number of halogens is 1. The van der Waals surface area contributed by atoms with Crippen molar-refractivity contribution in [1.29, 1.82) is 0 Å². The van der Waals surface area contributed by atoms with Crippen molar-refractivity contribution in [2.75, 3.05) is 6.54 Å². The van der Waals surface area contributed by atoms with Crippen molar-refractivity contribution in [2.24, 2.45) is 5.92 Å². The second kappa shape index (κ2) is 9.18. The van der Waals surface area contributed by atoms with Gasteiger partial charge in [0.15, 0.2) is 0 Å². The van der Waals surface area contributed by atoms with Gasteiger partial charge in [0, 0.05) is 22.8 Å². The van der Waals surface area contributed by atoms with Crippen LogP contribution < -0.4 is 10.6 Å². The maximum Gasteiger partial charge on any atom is 0.270 e. The van der Waals surface area contributed by atoms with Gasteiger partial charge in [-0.2, -0.15) is 0 Å². The molecule has 164 valence electrons. The minimum Gasteiger partial charge on any atom is -0.354 e. The molecule has 2 aromatic carbocycles. The van der Waals surface area contributed by atoms with Crippen LogP contribution in [0.4, 0.5) is 4.39 Å². The van der Waals surface area contributed by atoms with Crippen LogP contribution in [0.25, 0.3) is 21.8 Å². The molecule has 0 aliphatic carbocycles. The normalized spacial score (nSPS) is 12.2. The van der Waals surface area contributed by atoms with Crippen molar-refractivity contribution in [3.8, 4) is 0 Å². The van der Waals surface area contributed by atoms with Gasteiger partial charge in [0.2, 0.25) is 5.91 Å². The first kappa shape index (κ1) is 21.5. The summed E-state index contributed by atoms with van der Waals surface area (Å²) in [5.41, 5.74) is 3.00. The first-order chi connectivity index (χ1) is 15.4. The molecule has 0 bridgehead atoms. The number of aromatic amines is 1. The average molecular weight is 432 g/mol. The summed E-state index contributed by atoms with van der Waals surface area (Å²) in [6.45, 7) is 4.14. The van der Waals surface area contributed by atoms with Crippen LogP contribution in [0.1, 0.15) is 29.9 Å². The highest BCUT2D eigenvalue weighted by atomic mass is 19.1. The van der Waals surface area contributed by atoms with Crippen LogP contribution in [-0.4, -0.2) is 34.4 Å². The van der Waals surface area contributed by atoms with Crippen LogP contribution >= 0.6 is 0 Å². The van der Waals surface area contributed by atoms with Gasteiger partial charge in [0.1, 0.15) is 17.6 Å². The quantitative estimate of drug-likeness (QED) is 0.413. The van der Waals surface area contributed by atoms with Crippen LogP contribution in [0.2, 0.25) is 0 Å². The molecule has 0 spiro atoms. The second-order valence-electron chi connectivity index (χ2n) is 8.15. The Hall–Kier alpha value is -3.74. The highest BCUT2D eigenvalue weighted by Crippen LogP contribution is 2.25. The van der Waals surface area contributed by atoms with E-state index in [0.717, 1.165) is 27.4 Å². The van der Waals surface area contributed by atoms with Gasteiger partial charge in [-0.1, -0.05) is 44.2 Å². The molecular formula is C25H25FN4O2. The summed E-state index contributed by atoms with van der Waals surface area (Å²) < 4.78 is 13.0. The number of hydrogen-bond donors (Lipinski definition) is 3. The van der Waals surface area contributed by atoms with Gasteiger partial charge in [0.05, 0.1) is 11.7 Å². The largest absolute Gasteiger partial charge is 0.354 e. The fourth-order valence-corrected chi connectivity index (χ4v) is 3.72. The van der Waals surface area contributed by atoms with Gasteiger partial charge in [-0.15, -0.1) is 0 Å². The van der Waals surface area contributed by atoms with Crippen LogP contribution in [-0.2, 0) is 11.2 Å². The molecule has 4 aromatic rings. The summed E-state index contributed by atoms with van der Waals surface area (Å²) in [7, 11) is 0. The minimum absolute atomic E-state index is 0.110. The van der Waals surface area contributed by atoms with Crippen LogP contribution in [0.5, 0.6) is 0 Å². The molecule has 0 saturated carbocycles. The van der Waals surface area contributed by atoms with E-state index in [1.54, 1.807) is 24.4 Å². The molecule has 6 nitrogen and oxygen atoms in total. The zero-order valence-electron chi connectivity index (χ0n) is 18.0. The third kappa shape index (κ3) is 4.61. The Bertz CT molecular complexity index is 1260. The Morgan fingerprint density at radius 3 is 2.53 bits per heavy atom. The van der Waals surface area contributed by atoms with Crippen molar-refractivity contribution in [3.63, 3.8) is 0 Å². The maximum absolute atomic E-state index is 13.0. The summed E-state index contributed by atoms with van der Waals surface area (Å²) in [5, 5.41) is 7.60. The van der Waals surface area contributed by atoms with Crippen molar-refractivity contribution in [1.82, 2.24) is 20.6 Å². The fourth-order valence-electron chi connectivity index (χ4n) is 3.72. The lowest BCUT2D eigenvalue weighted by Gasteiger charge is -2.21. The Morgan fingerprint density at radius 2 is 1.78 bits per heavy atom. The number of carbonyl (C=O) groups excluding carboxylic acids is 2.